The number of rotatable bonds is 4. The van der Waals surface area contributed by atoms with Crippen LogP contribution in [0.1, 0.15) is 25.8 Å². The summed E-state index contributed by atoms with van der Waals surface area (Å²) in [5.41, 5.74) is 1.30. The topological polar surface area (TPSA) is 36.0 Å². The molecule has 2 saturated heterocycles. The van der Waals surface area contributed by atoms with Crippen LogP contribution in [-0.4, -0.2) is 66.6 Å². The van der Waals surface area contributed by atoms with Gasteiger partial charge in [-0.2, -0.15) is 0 Å². The number of urea groups is 1. The summed E-state index contributed by atoms with van der Waals surface area (Å²) >= 11 is 0. The average Bonchev–Trinajstić information content (AvgIpc) is 3.03. The summed E-state index contributed by atoms with van der Waals surface area (Å²) in [5.74, 6) is 1.58. The Morgan fingerprint density at radius 1 is 1.08 bits per heavy atom. The van der Waals surface area contributed by atoms with E-state index in [0.29, 0.717) is 12.5 Å². The first-order valence-corrected chi connectivity index (χ1v) is 9.13. The second kappa shape index (κ2) is 7.88. The number of ether oxygens (including phenoxy) is 1. The van der Waals surface area contributed by atoms with E-state index in [0.717, 1.165) is 58.0 Å². The minimum Gasteiger partial charge on any atom is -0.494 e. The van der Waals surface area contributed by atoms with Gasteiger partial charge in [0.2, 0.25) is 0 Å². The van der Waals surface area contributed by atoms with E-state index < -0.39 is 0 Å². The van der Waals surface area contributed by atoms with Crippen LogP contribution in [0.4, 0.5) is 4.79 Å². The van der Waals surface area contributed by atoms with E-state index in [1.54, 1.807) is 0 Å². The largest absolute Gasteiger partial charge is 0.494 e. The Balaban J connectivity index is 1.45. The normalized spacial score (nSPS) is 22.0. The Kier molecular flexibility index (Phi) is 5.61. The molecule has 2 aliphatic heterocycles. The number of piperazine rings is 1. The van der Waals surface area contributed by atoms with Crippen molar-refractivity contribution in [3.8, 4) is 5.75 Å². The number of hydrogen-bond acceptors (Lipinski definition) is 3. The van der Waals surface area contributed by atoms with Crippen molar-refractivity contribution in [1.82, 2.24) is 14.7 Å². The Hall–Kier alpha value is -1.75. The van der Waals surface area contributed by atoms with Gasteiger partial charge in [0.15, 0.2) is 0 Å². The maximum absolute atomic E-state index is 12.5. The van der Waals surface area contributed by atoms with E-state index in [9.17, 15) is 4.79 Å². The molecule has 0 aromatic heterocycles. The van der Waals surface area contributed by atoms with Crippen LogP contribution in [0.25, 0.3) is 0 Å². The molecule has 5 heteroatoms. The van der Waals surface area contributed by atoms with E-state index in [1.165, 1.54) is 5.56 Å². The van der Waals surface area contributed by atoms with Crippen molar-refractivity contribution in [2.24, 2.45) is 5.92 Å². The predicted octanol–water partition coefficient (Wildman–Crippen LogP) is 2.66. The molecule has 0 bridgehead atoms. The highest BCUT2D eigenvalue weighted by Crippen LogP contribution is 2.18. The number of benzene rings is 1. The summed E-state index contributed by atoms with van der Waals surface area (Å²) in [6.07, 6.45) is 1.14. The molecule has 2 aliphatic rings. The second-order valence-corrected chi connectivity index (χ2v) is 6.96. The molecular formula is C19H29N3O2. The number of likely N-dealkylation sites (tertiary alicyclic amines) is 1. The Labute approximate surface area is 145 Å². The van der Waals surface area contributed by atoms with Crippen molar-refractivity contribution in [2.75, 3.05) is 45.9 Å². The van der Waals surface area contributed by atoms with Crippen LogP contribution < -0.4 is 4.74 Å². The smallest absolute Gasteiger partial charge is 0.320 e. The molecule has 0 aliphatic carbocycles. The SMILES string of the molecule is CCOc1ccc(CN2CCN(C(=O)N3CCC(C)C3)CC2)cc1. The van der Waals surface area contributed by atoms with Crippen LogP contribution in [0.3, 0.4) is 0 Å². The van der Waals surface area contributed by atoms with E-state index in [1.807, 2.05) is 28.9 Å². The van der Waals surface area contributed by atoms with Gasteiger partial charge in [-0.05, 0) is 37.0 Å². The summed E-state index contributed by atoms with van der Waals surface area (Å²) in [7, 11) is 0. The van der Waals surface area contributed by atoms with Gasteiger partial charge in [0.25, 0.3) is 0 Å². The van der Waals surface area contributed by atoms with E-state index in [4.69, 9.17) is 4.74 Å². The van der Waals surface area contributed by atoms with Crippen molar-refractivity contribution in [3.63, 3.8) is 0 Å². The number of carbonyl (C=O) groups is 1. The Bertz CT molecular complexity index is 538. The van der Waals surface area contributed by atoms with Crippen LogP contribution in [0.5, 0.6) is 5.75 Å². The first-order valence-electron chi connectivity index (χ1n) is 9.13. The van der Waals surface area contributed by atoms with Gasteiger partial charge in [-0.25, -0.2) is 4.79 Å². The number of carbonyl (C=O) groups excluding carboxylic acids is 1. The summed E-state index contributed by atoms with van der Waals surface area (Å²) in [6, 6.07) is 8.57. The third-order valence-corrected chi connectivity index (χ3v) is 4.98. The minimum absolute atomic E-state index is 0.236. The summed E-state index contributed by atoms with van der Waals surface area (Å²) in [4.78, 5) is 19.0. The lowest BCUT2D eigenvalue weighted by molar-refractivity contribution is 0.114. The number of nitrogens with zero attached hydrogens (tertiary/aromatic N) is 3. The van der Waals surface area contributed by atoms with Crippen LogP contribution >= 0.6 is 0 Å². The van der Waals surface area contributed by atoms with Crippen LogP contribution in [0.15, 0.2) is 24.3 Å². The van der Waals surface area contributed by atoms with E-state index >= 15 is 0 Å². The van der Waals surface area contributed by atoms with Crippen LogP contribution in [0.2, 0.25) is 0 Å². The molecular weight excluding hydrogens is 302 g/mol. The number of amides is 2. The molecule has 24 heavy (non-hydrogen) atoms. The highest BCUT2D eigenvalue weighted by atomic mass is 16.5. The molecule has 0 spiro atoms. The molecule has 1 atom stereocenters. The lowest BCUT2D eigenvalue weighted by Crippen LogP contribution is -2.52. The first-order chi connectivity index (χ1) is 11.7. The minimum atomic E-state index is 0.236. The zero-order chi connectivity index (χ0) is 16.9. The van der Waals surface area contributed by atoms with Gasteiger partial charge in [-0.3, -0.25) is 4.90 Å². The molecule has 0 radical (unpaired) electrons. The molecule has 2 heterocycles. The van der Waals surface area contributed by atoms with Crippen LogP contribution in [-0.2, 0) is 6.54 Å². The molecule has 1 unspecified atom stereocenters. The van der Waals surface area contributed by atoms with E-state index in [-0.39, 0.29) is 6.03 Å². The van der Waals surface area contributed by atoms with Gasteiger partial charge in [0, 0.05) is 45.8 Å². The van der Waals surface area contributed by atoms with Gasteiger partial charge in [-0.15, -0.1) is 0 Å². The van der Waals surface area contributed by atoms with Gasteiger partial charge >= 0.3 is 6.03 Å². The molecule has 3 rings (SSSR count). The second-order valence-electron chi connectivity index (χ2n) is 6.96. The molecule has 2 amide bonds. The summed E-state index contributed by atoms with van der Waals surface area (Å²) in [5, 5.41) is 0. The van der Waals surface area contributed by atoms with Gasteiger partial charge < -0.3 is 14.5 Å². The fourth-order valence-electron chi connectivity index (χ4n) is 3.52. The van der Waals surface area contributed by atoms with Gasteiger partial charge in [-0.1, -0.05) is 19.1 Å². The van der Waals surface area contributed by atoms with Crippen molar-refractivity contribution in [2.45, 2.75) is 26.8 Å². The lowest BCUT2D eigenvalue weighted by Gasteiger charge is -2.36. The maximum atomic E-state index is 12.5. The van der Waals surface area contributed by atoms with Gasteiger partial charge in [0.1, 0.15) is 5.75 Å². The predicted molar refractivity (Wildman–Crippen MR) is 95.2 cm³/mol. The fraction of sp³-hybridized carbons (Fsp3) is 0.632. The lowest BCUT2D eigenvalue weighted by atomic mass is 10.2. The Morgan fingerprint density at radius 2 is 1.79 bits per heavy atom. The van der Waals surface area contributed by atoms with Crippen molar-refractivity contribution >= 4 is 6.03 Å². The molecule has 1 aromatic carbocycles. The highest BCUT2D eigenvalue weighted by molar-refractivity contribution is 5.74. The van der Waals surface area contributed by atoms with Crippen molar-refractivity contribution in [3.05, 3.63) is 29.8 Å². The third-order valence-electron chi connectivity index (χ3n) is 4.98. The average molecular weight is 331 g/mol. The zero-order valence-electron chi connectivity index (χ0n) is 14.9. The molecule has 0 N–H and O–H groups in total. The quantitative estimate of drug-likeness (QED) is 0.851. The molecule has 2 fully saturated rings. The number of hydrogen-bond donors (Lipinski definition) is 0. The zero-order valence-corrected chi connectivity index (χ0v) is 14.9. The maximum Gasteiger partial charge on any atom is 0.320 e. The van der Waals surface area contributed by atoms with E-state index in [2.05, 4.69) is 24.0 Å². The molecule has 5 nitrogen and oxygen atoms in total. The first kappa shape index (κ1) is 17.1. The fourth-order valence-corrected chi connectivity index (χ4v) is 3.52. The Morgan fingerprint density at radius 3 is 2.38 bits per heavy atom. The third kappa shape index (κ3) is 4.20. The molecule has 0 saturated carbocycles. The van der Waals surface area contributed by atoms with Crippen LogP contribution in [0, 0.1) is 5.92 Å². The standard InChI is InChI=1S/C19H29N3O2/c1-3-24-18-6-4-17(5-7-18)15-20-10-12-21(13-11-20)19(23)22-9-8-16(2)14-22/h4-7,16H,3,8-15H2,1-2H3. The molecule has 132 valence electrons. The summed E-state index contributed by atoms with van der Waals surface area (Å²) in [6.45, 7) is 11.3. The van der Waals surface area contributed by atoms with Gasteiger partial charge in [0.05, 0.1) is 6.61 Å². The highest BCUT2D eigenvalue weighted by Gasteiger charge is 2.29. The van der Waals surface area contributed by atoms with Crippen molar-refractivity contribution in [1.29, 1.82) is 0 Å². The van der Waals surface area contributed by atoms with Crippen molar-refractivity contribution < 1.29 is 9.53 Å². The summed E-state index contributed by atoms with van der Waals surface area (Å²) < 4.78 is 5.49. The molecule has 1 aromatic rings. The monoisotopic (exact) mass is 331 g/mol.